The lowest BCUT2D eigenvalue weighted by molar-refractivity contribution is -0.143. The summed E-state index contributed by atoms with van der Waals surface area (Å²) in [4.78, 5) is 11.5. The number of ether oxygens (including phenoxy) is 1. The van der Waals surface area contributed by atoms with E-state index in [4.69, 9.17) is 4.74 Å². The van der Waals surface area contributed by atoms with Gasteiger partial charge in [0, 0.05) is 16.6 Å². The fraction of sp³-hybridized carbons (Fsp3) is 0.533. The number of hydrogen-bond donors (Lipinski definition) is 1. The Labute approximate surface area is 123 Å². The van der Waals surface area contributed by atoms with Crippen LogP contribution in [0.5, 0.6) is 0 Å². The predicted molar refractivity (Wildman–Crippen MR) is 81.0 cm³/mol. The van der Waals surface area contributed by atoms with Crippen LogP contribution in [0.4, 0.5) is 0 Å². The van der Waals surface area contributed by atoms with Crippen molar-refractivity contribution in [3.8, 4) is 0 Å². The van der Waals surface area contributed by atoms with Crippen molar-refractivity contribution < 1.29 is 9.53 Å². The highest BCUT2D eigenvalue weighted by Crippen LogP contribution is 2.18. The first-order chi connectivity index (χ1) is 9.06. The normalized spacial score (nSPS) is 13.9. The van der Waals surface area contributed by atoms with Gasteiger partial charge in [-0.1, -0.05) is 35.0 Å². The summed E-state index contributed by atoms with van der Waals surface area (Å²) in [5.74, 6) is -0.134. The van der Waals surface area contributed by atoms with Gasteiger partial charge in [0.15, 0.2) is 0 Å². The first-order valence-corrected chi connectivity index (χ1v) is 7.53. The van der Waals surface area contributed by atoms with Crippen LogP contribution in [-0.2, 0) is 9.53 Å². The summed E-state index contributed by atoms with van der Waals surface area (Å²) in [6.07, 6.45) is 1.32. The Kier molecular flexibility index (Phi) is 7.10. The highest BCUT2D eigenvalue weighted by atomic mass is 79.9. The Morgan fingerprint density at radius 3 is 2.47 bits per heavy atom. The molecule has 1 aromatic carbocycles. The summed E-state index contributed by atoms with van der Waals surface area (Å²) in [6, 6.07) is 8.59. The van der Waals surface area contributed by atoms with Gasteiger partial charge in [0.05, 0.1) is 13.0 Å². The van der Waals surface area contributed by atoms with Gasteiger partial charge in [-0.25, -0.2) is 0 Å². The molecule has 0 bridgehead atoms. The number of hydrogen-bond acceptors (Lipinski definition) is 3. The summed E-state index contributed by atoms with van der Waals surface area (Å²) in [7, 11) is 0. The Bertz CT molecular complexity index is 392. The van der Waals surface area contributed by atoms with Crippen LogP contribution in [0.15, 0.2) is 28.7 Å². The Morgan fingerprint density at radius 1 is 1.32 bits per heavy atom. The van der Waals surface area contributed by atoms with Gasteiger partial charge in [0.25, 0.3) is 0 Å². The molecule has 2 atom stereocenters. The highest BCUT2D eigenvalue weighted by Gasteiger charge is 2.16. The molecule has 3 nitrogen and oxygen atoms in total. The van der Waals surface area contributed by atoms with Gasteiger partial charge in [0.1, 0.15) is 0 Å². The number of esters is 1. The molecule has 0 aliphatic carbocycles. The summed E-state index contributed by atoms with van der Waals surface area (Å²) in [5.41, 5.74) is 1.21. The Hall–Kier alpha value is -0.870. The minimum atomic E-state index is -0.134. The van der Waals surface area contributed by atoms with Gasteiger partial charge in [-0.05, 0) is 38.0 Å². The first-order valence-electron chi connectivity index (χ1n) is 6.73. The molecule has 0 saturated carbocycles. The molecule has 0 aliphatic heterocycles. The fourth-order valence-corrected chi connectivity index (χ4v) is 2.21. The summed E-state index contributed by atoms with van der Waals surface area (Å²) < 4.78 is 6.06. The van der Waals surface area contributed by atoms with Crippen molar-refractivity contribution in [3.05, 3.63) is 34.3 Å². The molecule has 0 fully saturated rings. The van der Waals surface area contributed by atoms with E-state index >= 15 is 0 Å². The SMILES string of the molecule is CCOC(=O)CC(CC)NC(C)c1ccc(Br)cc1. The fourth-order valence-electron chi connectivity index (χ4n) is 1.94. The van der Waals surface area contributed by atoms with Crippen molar-refractivity contribution in [2.24, 2.45) is 0 Å². The van der Waals surface area contributed by atoms with Crippen molar-refractivity contribution in [1.29, 1.82) is 0 Å². The molecular weight excluding hydrogens is 306 g/mol. The lowest BCUT2D eigenvalue weighted by atomic mass is 10.1. The molecule has 0 aliphatic rings. The topological polar surface area (TPSA) is 38.3 Å². The summed E-state index contributed by atoms with van der Waals surface area (Å²) in [5, 5.41) is 3.48. The van der Waals surface area contributed by atoms with Gasteiger partial charge in [-0.15, -0.1) is 0 Å². The minimum absolute atomic E-state index is 0.134. The third kappa shape index (κ3) is 5.74. The van der Waals surface area contributed by atoms with Crippen LogP contribution in [0, 0.1) is 0 Å². The number of rotatable bonds is 7. The molecule has 1 rings (SSSR count). The van der Waals surface area contributed by atoms with Crippen molar-refractivity contribution in [2.45, 2.75) is 45.7 Å². The third-order valence-corrected chi connectivity index (χ3v) is 3.60. The average Bonchev–Trinajstić information content (AvgIpc) is 2.38. The van der Waals surface area contributed by atoms with Gasteiger partial charge < -0.3 is 10.1 Å². The smallest absolute Gasteiger partial charge is 0.307 e. The van der Waals surface area contributed by atoms with Gasteiger partial charge in [-0.3, -0.25) is 4.79 Å². The molecule has 0 spiro atoms. The molecule has 0 saturated heterocycles. The van der Waals surface area contributed by atoms with Crippen molar-refractivity contribution in [3.63, 3.8) is 0 Å². The van der Waals surface area contributed by atoms with Crippen molar-refractivity contribution in [2.75, 3.05) is 6.61 Å². The molecule has 0 heterocycles. The molecular formula is C15H22BrNO2. The lowest BCUT2D eigenvalue weighted by Crippen LogP contribution is -2.33. The van der Waals surface area contributed by atoms with Gasteiger partial charge in [0.2, 0.25) is 0 Å². The maximum Gasteiger partial charge on any atom is 0.307 e. The molecule has 0 amide bonds. The first kappa shape index (κ1) is 16.2. The third-order valence-electron chi connectivity index (χ3n) is 3.07. The van der Waals surface area contributed by atoms with E-state index in [1.165, 1.54) is 5.56 Å². The standard InChI is InChI=1S/C15H22BrNO2/c1-4-14(10-15(18)19-5-2)17-11(3)12-6-8-13(16)9-7-12/h6-9,11,14,17H,4-5,10H2,1-3H3. The second-order valence-corrected chi connectivity index (χ2v) is 5.47. The van der Waals surface area contributed by atoms with Crippen LogP contribution in [0.25, 0.3) is 0 Å². The van der Waals surface area contributed by atoms with Crippen molar-refractivity contribution >= 4 is 21.9 Å². The van der Waals surface area contributed by atoms with Crippen LogP contribution < -0.4 is 5.32 Å². The molecule has 2 unspecified atom stereocenters. The number of halogens is 1. The van der Waals surface area contributed by atoms with Gasteiger partial charge in [-0.2, -0.15) is 0 Å². The van der Waals surface area contributed by atoms with E-state index in [0.29, 0.717) is 13.0 Å². The predicted octanol–water partition coefficient (Wildman–Crippen LogP) is 3.83. The summed E-state index contributed by atoms with van der Waals surface area (Å²) in [6.45, 7) is 6.45. The number of nitrogens with one attached hydrogen (secondary N) is 1. The van der Waals surface area contributed by atoms with Gasteiger partial charge >= 0.3 is 5.97 Å². The van der Waals surface area contributed by atoms with E-state index in [-0.39, 0.29) is 18.1 Å². The van der Waals surface area contributed by atoms with Crippen molar-refractivity contribution in [1.82, 2.24) is 5.32 Å². The molecule has 0 radical (unpaired) electrons. The second-order valence-electron chi connectivity index (χ2n) is 4.55. The Morgan fingerprint density at radius 2 is 1.95 bits per heavy atom. The highest BCUT2D eigenvalue weighted by molar-refractivity contribution is 9.10. The maximum atomic E-state index is 11.5. The average molecular weight is 328 g/mol. The van der Waals surface area contributed by atoms with E-state index in [2.05, 4.69) is 47.2 Å². The zero-order valence-corrected chi connectivity index (χ0v) is 13.4. The lowest BCUT2D eigenvalue weighted by Gasteiger charge is -2.22. The van der Waals surface area contributed by atoms with E-state index in [0.717, 1.165) is 10.9 Å². The second kappa shape index (κ2) is 8.33. The molecule has 4 heteroatoms. The van der Waals surface area contributed by atoms with Crippen LogP contribution in [0.1, 0.15) is 45.2 Å². The number of carbonyl (C=O) groups is 1. The molecule has 19 heavy (non-hydrogen) atoms. The molecule has 0 aromatic heterocycles. The van der Waals surface area contributed by atoms with E-state index in [9.17, 15) is 4.79 Å². The zero-order chi connectivity index (χ0) is 14.3. The molecule has 1 aromatic rings. The van der Waals surface area contributed by atoms with Crippen LogP contribution in [0.3, 0.4) is 0 Å². The maximum absolute atomic E-state index is 11.5. The van der Waals surface area contributed by atoms with Crippen LogP contribution >= 0.6 is 15.9 Å². The van der Waals surface area contributed by atoms with E-state index < -0.39 is 0 Å². The number of benzene rings is 1. The Balaban J connectivity index is 2.55. The zero-order valence-electron chi connectivity index (χ0n) is 11.8. The minimum Gasteiger partial charge on any atom is -0.466 e. The number of carbonyl (C=O) groups excluding carboxylic acids is 1. The monoisotopic (exact) mass is 327 g/mol. The molecule has 106 valence electrons. The van der Waals surface area contributed by atoms with Crippen LogP contribution in [0.2, 0.25) is 0 Å². The summed E-state index contributed by atoms with van der Waals surface area (Å²) >= 11 is 3.43. The quantitative estimate of drug-likeness (QED) is 0.773. The van der Waals surface area contributed by atoms with Crippen LogP contribution in [-0.4, -0.2) is 18.6 Å². The van der Waals surface area contributed by atoms with E-state index in [1.54, 1.807) is 0 Å². The molecule has 1 N–H and O–H groups in total. The van der Waals surface area contributed by atoms with E-state index in [1.807, 2.05) is 19.1 Å². The largest absolute Gasteiger partial charge is 0.466 e.